The van der Waals surface area contributed by atoms with Crippen molar-refractivity contribution in [1.82, 2.24) is 9.55 Å². The molecule has 3 aromatic rings. The van der Waals surface area contributed by atoms with E-state index >= 15 is 0 Å². The number of esters is 1. The third-order valence-electron chi connectivity index (χ3n) is 5.73. The number of carbonyl (C=O) groups is 1. The van der Waals surface area contributed by atoms with Gasteiger partial charge < -0.3 is 14.4 Å². The summed E-state index contributed by atoms with van der Waals surface area (Å²) >= 11 is 0. The molecule has 142 valence electrons. The number of carbonyl (C=O) groups excluding carboxylic acids is 1. The molecule has 1 atom stereocenters. The van der Waals surface area contributed by atoms with Crippen molar-refractivity contribution in [2.45, 2.75) is 38.5 Å². The molecule has 5 rings (SSSR count). The van der Waals surface area contributed by atoms with Crippen molar-refractivity contribution in [2.24, 2.45) is 0 Å². The summed E-state index contributed by atoms with van der Waals surface area (Å²) in [6.07, 6.45) is 0.0593. The van der Waals surface area contributed by atoms with E-state index in [2.05, 4.69) is 4.98 Å². The molecule has 28 heavy (non-hydrogen) atoms. The number of aromatic nitrogens is 2. The molecule has 2 aromatic heterocycles. The summed E-state index contributed by atoms with van der Waals surface area (Å²) in [7, 11) is 0. The van der Waals surface area contributed by atoms with Crippen LogP contribution >= 0.6 is 0 Å². The van der Waals surface area contributed by atoms with E-state index in [1.165, 1.54) is 12.1 Å². The number of cyclic esters (lactones) is 1. The molecule has 1 N–H and O–H groups in total. The second-order valence-electron chi connectivity index (χ2n) is 7.37. The molecule has 0 fully saturated rings. The number of rotatable bonds is 1. The lowest BCUT2D eigenvalue weighted by atomic mass is 9.85. The number of nitrogens with zero attached hydrogens (tertiary/aromatic N) is 2. The summed E-state index contributed by atoms with van der Waals surface area (Å²) in [5.74, 6) is -0.918. The summed E-state index contributed by atoms with van der Waals surface area (Å²) in [6, 6.07) is 8.03. The molecule has 2 aliphatic heterocycles. The molecule has 4 heterocycles. The number of benzene rings is 1. The van der Waals surface area contributed by atoms with Crippen LogP contribution in [-0.4, -0.2) is 20.6 Å². The van der Waals surface area contributed by atoms with Crippen LogP contribution in [-0.2, 0) is 28.3 Å². The Morgan fingerprint density at radius 2 is 2.11 bits per heavy atom. The van der Waals surface area contributed by atoms with Crippen LogP contribution in [0.15, 0.2) is 35.1 Å². The highest BCUT2D eigenvalue weighted by Gasteiger charge is 2.39. The second kappa shape index (κ2) is 5.72. The van der Waals surface area contributed by atoms with Gasteiger partial charge in [0.15, 0.2) is 0 Å². The first kappa shape index (κ1) is 17.1. The molecule has 0 bridgehead atoms. The average molecular weight is 380 g/mol. The third-order valence-corrected chi connectivity index (χ3v) is 5.73. The highest BCUT2D eigenvalue weighted by Crippen LogP contribution is 2.38. The Morgan fingerprint density at radius 1 is 1.29 bits per heavy atom. The topological polar surface area (TPSA) is 81.4 Å². The molecule has 2 aliphatic rings. The first-order chi connectivity index (χ1) is 13.4. The molecule has 0 radical (unpaired) electrons. The van der Waals surface area contributed by atoms with Crippen molar-refractivity contribution in [2.75, 3.05) is 0 Å². The SMILES string of the molecule is CC[C@@]1(O)CC(=O)OCc2c1cc1n(c2=O)Cc2cc3ccc(F)cc3nc2-1. The lowest BCUT2D eigenvalue weighted by molar-refractivity contribution is -0.149. The predicted octanol–water partition coefficient (Wildman–Crippen LogP) is 2.61. The smallest absolute Gasteiger partial charge is 0.309 e. The highest BCUT2D eigenvalue weighted by atomic mass is 19.1. The van der Waals surface area contributed by atoms with Gasteiger partial charge in [0.25, 0.3) is 5.56 Å². The van der Waals surface area contributed by atoms with E-state index in [0.717, 1.165) is 10.9 Å². The Morgan fingerprint density at radius 3 is 2.89 bits per heavy atom. The molecule has 6 nitrogen and oxygen atoms in total. The Bertz CT molecular complexity index is 1230. The van der Waals surface area contributed by atoms with Gasteiger partial charge in [-0.25, -0.2) is 9.37 Å². The van der Waals surface area contributed by atoms with Gasteiger partial charge in [0.05, 0.1) is 35.4 Å². The van der Waals surface area contributed by atoms with Crippen LogP contribution in [0.4, 0.5) is 4.39 Å². The van der Waals surface area contributed by atoms with E-state index in [4.69, 9.17) is 4.74 Å². The Balaban J connectivity index is 1.78. The first-order valence-corrected chi connectivity index (χ1v) is 9.14. The van der Waals surface area contributed by atoms with E-state index in [1.54, 1.807) is 23.6 Å². The quantitative estimate of drug-likeness (QED) is 0.514. The van der Waals surface area contributed by atoms with Crippen molar-refractivity contribution in [3.05, 3.63) is 63.2 Å². The van der Waals surface area contributed by atoms with Gasteiger partial charge in [-0.3, -0.25) is 9.59 Å². The van der Waals surface area contributed by atoms with Crippen molar-refractivity contribution < 1.29 is 19.0 Å². The fourth-order valence-electron chi connectivity index (χ4n) is 4.15. The number of halogens is 1. The molecular weight excluding hydrogens is 363 g/mol. The van der Waals surface area contributed by atoms with Gasteiger partial charge in [-0.05, 0) is 36.2 Å². The monoisotopic (exact) mass is 380 g/mol. The molecule has 7 heteroatoms. The summed E-state index contributed by atoms with van der Waals surface area (Å²) in [5, 5.41) is 11.9. The number of pyridine rings is 2. The van der Waals surface area contributed by atoms with Gasteiger partial charge in [0.2, 0.25) is 0 Å². The van der Waals surface area contributed by atoms with Gasteiger partial charge in [0, 0.05) is 17.0 Å². The van der Waals surface area contributed by atoms with Gasteiger partial charge in [-0.15, -0.1) is 0 Å². The average Bonchev–Trinajstić information content (AvgIpc) is 2.96. The van der Waals surface area contributed by atoms with Crippen LogP contribution < -0.4 is 5.56 Å². The zero-order valence-electron chi connectivity index (χ0n) is 15.2. The van der Waals surface area contributed by atoms with Crippen LogP contribution in [0.2, 0.25) is 0 Å². The zero-order valence-corrected chi connectivity index (χ0v) is 15.2. The van der Waals surface area contributed by atoms with Gasteiger partial charge in [-0.1, -0.05) is 6.92 Å². The van der Waals surface area contributed by atoms with Crippen molar-refractivity contribution in [3.63, 3.8) is 0 Å². The Kier molecular flexibility index (Phi) is 3.49. The summed E-state index contributed by atoms with van der Waals surface area (Å²) < 4.78 is 20.4. The van der Waals surface area contributed by atoms with E-state index in [1.807, 2.05) is 6.07 Å². The molecule has 0 aliphatic carbocycles. The van der Waals surface area contributed by atoms with Crippen molar-refractivity contribution >= 4 is 16.9 Å². The predicted molar refractivity (Wildman–Crippen MR) is 99.1 cm³/mol. The van der Waals surface area contributed by atoms with Crippen LogP contribution in [0.1, 0.15) is 36.5 Å². The van der Waals surface area contributed by atoms with Crippen LogP contribution in [0.25, 0.3) is 22.3 Å². The molecule has 0 amide bonds. The van der Waals surface area contributed by atoms with Gasteiger partial charge in [0.1, 0.15) is 18.0 Å². The van der Waals surface area contributed by atoms with Crippen LogP contribution in [0.5, 0.6) is 0 Å². The highest BCUT2D eigenvalue weighted by molar-refractivity contribution is 5.84. The standard InChI is InChI=1S/C21H17FN2O4/c1-2-21(27)8-18(25)28-10-14-15(21)7-17-19-12(9-24(17)20(14)26)5-11-3-4-13(22)6-16(11)23-19/h3-7,27H,2,8-10H2,1H3/t21-/m1/s1. The fraction of sp³-hybridized carbons (Fsp3) is 0.286. The third kappa shape index (κ3) is 2.32. The van der Waals surface area contributed by atoms with Crippen molar-refractivity contribution in [1.29, 1.82) is 0 Å². The van der Waals surface area contributed by atoms with Crippen molar-refractivity contribution in [3.8, 4) is 11.4 Å². The van der Waals surface area contributed by atoms with Gasteiger partial charge in [-0.2, -0.15) is 0 Å². The second-order valence-corrected chi connectivity index (χ2v) is 7.37. The van der Waals surface area contributed by atoms with Crippen LogP contribution in [0, 0.1) is 5.82 Å². The largest absolute Gasteiger partial charge is 0.460 e. The maximum atomic E-state index is 13.6. The maximum Gasteiger partial charge on any atom is 0.309 e. The van der Waals surface area contributed by atoms with E-state index in [-0.39, 0.29) is 30.8 Å². The Labute approximate surface area is 159 Å². The number of fused-ring (bicyclic) bond motifs is 5. The molecule has 1 aromatic carbocycles. The normalized spacial score (nSPS) is 20.3. The molecule has 0 saturated carbocycles. The van der Waals surface area contributed by atoms with E-state index in [9.17, 15) is 19.1 Å². The molecule has 0 spiro atoms. The van der Waals surface area contributed by atoms with E-state index < -0.39 is 11.6 Å². The maximum absolute atomic E-state index is 13.6. The first-order valence-electron chi connectivity index (χ1n) is 9.14. The minimum absolute atomic E-state index is 0.160. The molecule has 0 saturated heterocycles. The number of hydrogen-bond acceptors (Lipinski definition) is 5. The number of aliphatic hydroxyl groups is 1. The van der Waals surface area contributed by atoms with E-state index in [0.29, 0.717) is 34.6 Å². The lowest BCUT2D eigenvalue weighted by Crippen LogP contribution is -2.32. The lowest BCUT2D eigenvalue weighted by Gasteiger charge is -2.26. The summed E-state index contributed by atoms with van der Waals surface area (Å²) in [5.41, 5.74) is 1.44. The molecular formula is C21H17FN2O4. The fourth-order valence-corrected chi connectivity index (χ4v) is 4.15. The number of hydrogen-bond donors (Lipinski definition) is 1. The molecule has 0 unspecified atom stereocenters. The zero-order chi connectivity index (χ0) is 19.6. The summed E-state index contributed by atoms with van der Waals surface area (Å²) in [4.78, 5) is 29.7. The summed E-state index contributed by atoms with van der Waals surface area (Å²) in [6.45, 7) is 1.93. The van der Waals surface area contributed by atoms with Crippen LogP contribution in [0.3, 0.4) is 0 Å². The van der Waals surface area contributed by atoms with Gasteiger partial charge >= 0.3 is 5.97 Å². The minimum atomic E-state index is -1.47. The minimum Gasteiger partial charge on any atom is -0.460 e. The number of ether oxygens (including phenoxy) is 1. The Hall–Kier alpha value is -3.06.